The molecular weight excluding hydrogens is 438 g/mol. The number of hydrogen-bond acceptors (Lipinski definition) is 9. The van der Waals surface area contributed by atoms with Gasteiger partial charge >= 0.3 is 0 Å². The van der Waals surface area contributed by atoms with Crippen molar-refractivity contribution in [2.45, 2.75) is 25.9 Å². The molecule has 0 saturated carbocycles. The molecular formula is C20H19N5O4S2. The number of nitrogens with zero attached hydrogens (tertiary/aromatic N) is 4. The Bertz CT molecular complexity index is 1140. The highest BCUT2D eigenvalue weighted by Gasteiger charge is 2.29. The third-order valence-electron chi connectivity index (χ3n) is 5.01. The summed E-state index contributed by atoms with van der Waals surface area (Å²) in [6.45, 7) is 2.39. The molecule has 2 aliphatic heterocycles. The summed E-state index contributed by atoms with van der Waals surface area (Å²) in [5.41, 5.74) is 2.23. The van der Waals surface area contributed by atoms with Gasteiger partial charge in [-0.15, -0.1) is 21.5 Å². The zero-order chi connectivity index (χ0) is 21.4. The van der Waals surface area contributed by atoms with Crippen LogP contribution in [0.4, 0.5) is 10.8 Å². The van der Waals surface area contributed by atoms with Gasteiger partial charge in [0.15, 0.2) is 6.61 Å². The SMILES string of the molecule is Cc1nc(-c2ccc3c(c2)N(CC(=O)Nc2nnc(C4CCCO4)s2)C(=O)CO3)cs1. The second-order valence-corrected chi connectivity index (χ2v) is 9.27. The van der Waals surface area contributed by atoms with Crippen molar-refractivity contribution >= 4 is 45.3 Å². The molecule has 1 saturated heterocycles. The van der Waals surface area contributed by atoms with Crippen LogP contribution in [0.2, 0.25) is 0 Å². The molecule has 5 rings (SSSR count). The first-order valence-electron chi connectivity index (χ1n) is 9.81. The quantitative estimate of drug-likeness (QED) is 0.627. The van der Waals surface area contributed by atoms with Gasteiger partial charge in [-0.3, -0.25) is 19.8 Å². The number of carbonyl (C=O) groups is 2. The molecule has 3 aromatic rings. The van der Waals surface area contributed by atoms with Crippen LogP contribution in [0.15, 0.2) is 23.6 Å². The molecule has 1 atom stereocenters. The van der Waals surface area contributed by atoms with E-state index in [1.54, 1.807) is 17.4 Å². The van der Waals surface area contributed by atoms with E-state index in [1.807, 2.05) is 24.4 Å². The Morgan fingerprint density at radius 3 is 3.03 bits per heavy atom. The average Bonchev–Trinajstić information content (AvgIpc) is 3.51. The van der Waals surface area contributed by atoms with Gasteiger partial charge in [-0.1, -0.05) is 11.3 Å². The summed E-state index contributed by atoms with van der Waals surface area (Å²) in [6.07, 6.45) is 1.85. The minimum atomic E-state index is -0.355. The lowest BCUT2D eigenvalue weighted by molar-refractivity contribution is -0.123. The lowest BCUT2D eigenvalue weighted by Gasteiger charge is -2.29. The summed E-state index contributed by atoms with van der Waals surface area (Å²) in [7, 11) is 0. The van der Waals surface area contributed by atoms with Gasteiger partial charge in [0.2, 0.25) is 11.0 Å². The molecule has 2 aliphatic rings. The highest BCUT2D eigenvalue weighted by molar-refractivity contribution is 7.15. The van der Waals surface area contributed by atoms with Crippen LogP contribution in [0.25, 0.3) is 11.3 Å². The van der Waals surface area contributed by atoms with Crippen molar-refractivity contribution in [2.24, 2.45) is 0 Å². The number of nitrogens with one attached hydrogen (secondary N) is 1. The van der Waals surface area contributed by atoms with Crippen LogP contribution in [0.5, 0.6) is 5.75 Å². The molecule has 1 unspecified atom stereocenters. The molecule has 0 radical (unpaired) electrons. The topological polar surface area (TPSA) is 107 Å². The molecule has 9 nitrogen and oxygen atoms in total. The van der Waals surface area contributed by atoms with Crippen molar-refractivity contribution in [3.8, 4) is 17.0 Å². The molecule has 31 heavy (non-hydrogen) atoms. The summed E-state index contributed by atoms with van der Waals surface area (Å²) in [5.74, 6) is -0.0857. The highest BCUT2D eigenvalue weighted by atomic mass is 32.1. The van der Waals surface area contributed by atoms with Crippen LogP contribution in [-0.2, 0) is 14.3 Å². The monoisotopic (exact) mass is 457 g/mol. The number of ether oxygens (including phenoxy) is 2. The van der Waals surface area contributed by atoms with Crippen LogP contribution < -0.4 is 15.0 Å². The molecule has 4 heterocycles. The van der Waals surface area contributed by atoms with Gasteiger partial charge in [-0.25, -0.2) is 4.98 Å². The Morgan fingerprint density at radius 2 is 2.26 bits per heavy atom. The van der Waals surface area contributed by atoms with Crippen LogP contribution in [0.1, 0.15) is 29.0 Å². The predicted molar refractivity (Wildman–Crippen MR) is 117 cm³/mol. The Labute approximate surface area is 186 Å². The Balaban J connectivity index is 1.33. The van der Waals surface area contributed by atoms with E-state index < -0.39 is 0 Å². The number of thiazole rings is 1. The van der Waals surface area contributed by atoms with Crippen molar-refractivity contribution in [2.75, 3.05) is 30.0 Å². The predicted octanol–water partition coefficient (Wildman–Crippen LogP) is 3.19. The molecule has 1 aromatic carbocycles. The van der Waals surface area contributed by atoms with Crippen LogP contribution in [0, 0.1) is 6.92 Å². The maximum absolute atomic E-state index is 12.7. The molecule has 11 heteroatoms. The first-order chi connectivity index (χ1) is 15.1. The standard InChI is InChI=1S/C20H19N5O4S2/c1-11-21-13(10-30-11)12-4-5-15-14(7-12)25(18(27)9-29-15)8-17(26)22-20-24-23-19(31-20)16-3-2-6-28-16/h4-5,7,10,16H,2-3,6,8-9H2,1H3,(H,22,24,26). The van der Waals surface area contributed by atoms with Gasteiger partial charge in [0, 0.05) is 17.6 Å². The van der Waals surface area contributed by atoms with Gasteiger partial charge in [0.25, 0.3) is 5.91 Å². The summed E-state index contributed by atoms with van der Waals surface area (Å²) >= 11 is 2.85. The van der Waals surface area contributed by atoms with E-state index in [4.69, 9.17) is 9.47 Å². The summed E-state index contributed by atoms with van der Waals surface area (Å²) in [6, 6.07) is 5.53. The van der Waals surface area contributed by atoms with E-state index in [1.165, 1.54) is 16.2 Å². The van der Waals surface area contributed by atoms with E-state index in [-0.39, 0.29) is 31.1 Å². The minimum absolute atomic E-state index is 0.0522. The van der Waals surface area contributed by atoms with Crippen molar-refractivity contribution in [1.82, 2.24) is 15.2 Å². The fourth-order valence-electron chi connectivity index (χ4n) is 3.52. The first-order valence-corrected chi connectivity index (χ1v) is 11.5. The van der Waals surface area contributed by atoms with Crippen LogP contribution in [-0.4, -0.2) is 46.8 Å². The Kier molecular flexibility index (Phi) is 5.38. The van der Waals surface area contributed by atoms with Crippen molar-refractivity contribution < 1.29 is 19.1 Å². The van der Waals surface area contributed by atoms with Gasteiger partial charge in [0.1, 0.15) is 23.4 Å². The van der Waals surface area contributed by atoms with E-state index in [9.17, 15) is 9.59 Å². The molecule has 0 bridgehead atoms. The zero-order valence-corrected chi connectivity index (χ0v) is 18.3. The number of fused-ring (bicyclic) bond motifs is 1. The number of rotatable bonds is 5. The number of aryl methyl sites for hydroxylation is 1. The van der Waals surface area contributed by atoms with Crippen LogP contribution in [0.3, 0.4) is 0 Å². The molecule has 1 N–H and O–H groups in total. The second kappa shape index (κ2) is 8.33. The molecule has 0 aliphatic carbocycles. The molecule has 2 amide bonds. The van der Waals surface area contributed by atoms with Gasteiger partial charge in [-0.05, 0) is 38.0 Å². The van der Waals surface area contributed by atoms with Gasteiger partial charge < -0.3 is 9.47 Å². The lowest BCUT2D eigenvalue weighted by Crippen LogP contribution is -2.43. The lowest BCUT2D eigenvalue weighted by atomic mass is 10.1. The molecule has 0 spiro atoms. The minimum Gasteiger partial charge on any atom is -0.482 e. The maximum atomic E-state index is 12.7. The zero-order valence-electron chi connectivity index (χ0n) is 16.7. The smallest absolute Gasteiger partial charge is 0.265 e. The summed E-state index contributed by atoms with van der Waals surface area (Å²) < 4.78 is 11.2. The van der Waals surface area contributed by atoms with Crippen LogP contribution >= 0.6 is 22.7 Å². The second-order valence-electron chi connectivity index (χ2n) is 7.20. The number of aromatic nitrogens is 3. The number of hydrogen-bond donors (Lipinski definition) is 1. The van der Waals surface area contributed by atoms with Crippen molar-refractivity contribution in [3.05, 3.63) is 33.6 Å². The number of anilines is 2. The molecule has 160 valence electrons. The van der Waals surface area contributed by atoms with Crippen molar-refractivity contribution in [1.29, 1.82) is 0 Å². The first kappa shape index (κ1) is 20.0. The third kappa shape index (κ3) is 4.16. The van der Waals surface area contributed by atoms with Crippen molar-refractivity contribution in [3.63, 3.8) is 0 Å². The highest BCUT2D eigenvalue weighted by Crippen LogP contribution is 2.36. The van der Waals surface area contributed by atoms with Gasteiger partial charge in [-0.2, -0.15) is 0 Å². The number of benzene rings is 1. The largest absolute Gasteiger partial charge is 0.482 e. The van der Waals surface area contributed by atoms with E-state index in [0.29, 0.717) is 23.2 Å². The van der Waals surface area contributed by atoms with E-state index in [0.717, 1.165) is 34.1 Å². The Morgan fingerprint density at radius 1 is 1.35 bits per heavy atom. The van der Waals surface area contributed by atoms with Gasteiger partial charge in [0.05, 0.1) is 16.4 Å². The Hall–Kier alpha value is -2.89. The maximum Gasteiger partial charge on any atom is 0.265 e. The molecule has 1 fully saturated rings. The average molecular weight is 458 g/mol. The fourth-order valence-corrected chi connectivity index (χ4v) is 4.99. The van der Waals surface area contributed by atoms with E-state index >= 15 is 0 Å². The van der Waals surface area contributed by atoms with E-state index in [2.05, 4.69) is 20.5 Å². The fraction of sp³-hybridized carbons (Fsp3) is 0.350. The number of amides is 2. The normalized spacial score (nSPS) is 18.0. The third-order valence-corrected chi connectivity index (χ3v) is 6.71. The molecule has 2 aromatic heterocycles. The summed E-state index contributed by atoms with van der Waals surface area (Å²) in [4.78, 5) is 31.1. The number of carbonyl (C=O) groups excluding carboxylic acids is 2. The summed E-state index contributed by atoms with van der Waals surface area (Å²) in [5, 5.41) is 15.0.